The van der Waals surface area contributed by atoms with Crippen molar-refractivity contribution in [2.45, 2.75) is 31.1 Å². The highest BCUT2D eigenvalue weighted by Crippen LogP contribution is 2.36. The number of nitrogens with two attached hydrogens (primary N) is 1. The lowest BCUT2D eigenvalue weighted by molar-refractivity contribution is -0.733. The molecule has 4 atom stereocenters. The van der Waals surface area contributed by atoms with Crippen molar-refractivity contribution in [2.75, 3.05) is 12.3 Å². The maximum absolute atomic E-state index is 13.4. The normalized spacial score (nSPS) is 24.3. The molecule has 1 heterocycles. The summed E-state index contributed by atoms with van der Waals surface area (Å²) >= 11 is 4.32. The third kappa shape index (κ3) is 3.78. The third-order valence-corrected chi connectivity index (χ3v) is 8.14. The summed E-state index contributed by atoms with van der Waals surface area (Å²) in [6.07, 6.45) is 1.72. The predicted octanol–water partition coefficient (Wildman–Crippen LogP) is 1.31. The van der Waals surface area contributed by atoms with Gasteiger partial charge in [0.05, 0.1) is 11.2 Å². The lowest BCUT2D eigenvalue weighted by atomic mass is 9.97. The van der Waals surface area contributed by atoms with Gasteiger partial charge >= 0.3 is 15.9 Å². The highest BCUT2D eigenvalue weighted by molar-refractivity contribution is 7.86. The molecule has 1 aromatic rings. The summed E-state index contributed by atoms with van der Waals surface area (Å²) in [4.78, 5) is 38.1. The molecule has 1 aliphatic heterocycles. The Bertz CT molecular complexity index is 885. The lowest BCUT2D eigenvalue weighted by Gasteiger charge is -2.36. The van der Waals surface area contributed by atoms with Crippen LogP contribution in [0.25, 0.3) is 0 Å². The summed E-state index contributed by atoms with van der Waals surface area (Å²) in [6.45, 7) is 4.84. The van der Waals surface area contributed by atoms with Crippen molar-refractivity contribution in [3.8, 4) is 0 Å². The summed E-state index contributed by atoms with van der Waals surface area (Å²) in [5, 5.41) is -1.06. The van der Waals surface area contributed by atoms with Crippen molar-refractivity contribution in [3.63, 3.8) is 0 Å². The Hall–Kier alpha value is -1.97. The number of carbonyl (C=O) groups is 3. The molecule has 9 heteroatoms. The molecule has 1 aromatic carbocycles. The highest BCUT2D eigenvalue weighted by atomic mass is 32.2. The first-order chi connectivity index (χ1) is 13.1. The molecule has 7 nitrogen and oxygen atoms in total. The van der Waals surface area contributed by atoms with Crippen LogP contribution in [0.1, 0.15) is 30.1 Å². The van der Waals surface area contributed by atoms with Gasteiger partial charge in [-0.3, -0.25) is 9.59 Å². The molecule has 1 saturated heterocycles. The summed E-state index contributed by atoms with van der Waals surface area (Å²) in [6, 6.07) is 7.14. The van der Waals surface area contributed by atoms with Crippen LogP contribution in [0.3, 0.4) is 0 Å². The number of amides is 2. The van der Waals surface area contributed by atoms with E-state index in [-0.39, 0.29) is 18.7 Å². The second-order valence-corrected chi connectivity index (χ2v) is 9.62. The molecule has 1 aliphatic rings. The molecule has 3 unspecified atom stereocenters. The summed E-state index contributed by atoms with van der Waals surface area (Å²) in [5.74, 6) is -3.50. The zero-order chi connectivity index (χ0) is 21.1. The smallest absolute Gasteiger partial charge is 0.333 e. The van der Waals surface area contributed by atoms with E-state index in [1.165, 1.54) is 13.0 Å². The SMILES string of the molecule is C=CCS(=O)(=O)[N+]1(C(=O)C(C)C(S)C(=O)c2ccccc2)CCC[C@H]1C(N)=O. The molecule has 1 fully saturated rings. The van der Waals surface area contributed by atoms with Crippen molar-refractivity contribution < 1.29 is 26.7 Å². The number of carbonyl (C=O) groups excluding carboxylic acids is 3. The van der Waals surface area contributed by atoms with Crippen molar-refractivity contribution in [1.29, 1.82) is 0 Å². The van der Waals surface area contributed by atoms with Crippen LogP contribution >= 0.6 is 12.6 Å². The number of hydrogen-bond acceptors (Lipinski definition) is 6. The van der Waals surface area contributed by atoms with Crippen LogP contribution in [0.2, 0.25) is 0 Å². The summed E-state index contributed by atoms with van der Waals surface area (Å²) in [5.41, 5.74) is 5.82. The van der Waals surface area contributed by atoms with Crippen LogP contribution in [-0.2, 0) is 19.6 Å². The first kappa shape index (κ1) is 22.3. The second kappa shape index (κ2) is 8.59. The zero-order valence-corrected chi connectivity index (χ0v) is 17.4. The number of primary amides is 1. The van der Waals surface area contributed by atoms with Crippen LogP contribution in [0.4, 0.5) is 0 Å². The Kier molecular flexibility index (Phi) is 6.84. The summed E-state index contributed by atoms with van der Waals surface area (Å²) in [7, 11) is -4.11. The number of sulfonamides is 1. The largest absolute Gasteiger partial charge is 0.364 e. The van der Waals surface area contributed by atoms with Gasteiger partial charge in [-0.15, -0.1) is 10.5 Å². The molecule has 28 heavy (non-hydrogen) atoms. The quantitative estimate of drug-likeness (QED) is 0.282. The van der Waals surface area contributed by atoms with Crippen LogP contribution in [0.15, 0.2) is 43.0 Å². The van der Waals surface area contributed by atoms with Crippen LogP contribution in [-0.4, -0.2) is 53.5 Å². The molecular weight excluding hydrogens is 400 g/mol. The highest BCUT2D eigenvalue weighted by Gasteiger charge is 2.61. The number of quaternary nitrogens is 1. The third-order valence-electron chi connectivity index (χ3n) is 5.19. The van der Waals surface area contributed by atoms with E-state index in [9.17, 15) is 22.8 Å². The Morgan fingerprint density at radius 3 is 2.46 bits per heavy atom. The van der Waals surface area contributed by atoms with Gasteiger partial charge in [0, 0.05) is 18.4 Å². The van der Waals surface area contributed by atoms with Crippen molar-refractivity contribution >= 4 is 40.2 Å². The molecule has 2 amide bonds. The molecular formula is C19H25N2O5S2+. The van der Waals surface area contributed by atoms with Gasteiger partial charge in [-0.2, -0.15) is 21.0 Å². The molecule has 0 radical (unpaired) electrons. The number of nitrogens with zero attached hydrogens (tertiary/aromatic N) is 1. The Balaban J connectivity index is 2.46. The molecule has 0 bridgehead atoms. The fourth-order valence-corrected chi connectivity index (χ4v) is 6.01. The van der Waals surface area contributed by atoms with Crippen molar-refractivity contribution in [2.24, 2.45) is 11.7 Å². The lowest BCUT2D eigenvalue weighted by Crippen LogP contribution is -2.65. The van der Waals surface area contributed by atoms with E-state index in [2.05, 4.69) is 19.2 Å². The first-order valence-electron chi connectivity index (χ1n) is 8.92. The van der Waals surface area contributed by atoms with Gasteiger partial charge in [0.15, 0.2) is 11.8 Å². The monoisotopic (exact) mass is 425 g/mol. The number of hydrogen-bond donors (Lipinski definition) is 2. The molecule has 0 aliphatic carbocycles. The zero-order valence-electron chi connectivity index (χ0n) is 15.7. The summed E-state index contributed by atoms with van der Waals surface area (Å²) < 4.78 is 25.0. The van der Waals surface area contributed by atoms with Crippen LogP contribution in [0, 0.1) is 5.92 Å². The van der Waals surface area contributed by atoms with Gasteiger partial charge in [0.2, 0.25) is 0 Å². The molecule has 0 spiro atoms. The number of thiol groups is 1. The molecule has 0 saturated carbocycles. The molecule has 2 rings (SSSR count). The van der Waals surface area contributed by atoms with E-state index < -0.39 is 48.7 Å². The Morgan fingerprint density at radius 1 is 1.32 bits per heavy atom. The van der Waals surface area contributed by atoms with E-state index >= 15 is 0 Å². The minimum atomic E-state index is -4.11. The maximum Gasteiger partial charge on any atom is 0.333 e. The average Bonchev–Trinajstić information content (AvgIpc) is 3.13. The standard InChI is InChI=1S/C19H24N2O5S2/c1-3-12-28(25,26)21(11-7-10-15(21)18(20)23)19(24)13(2)17(27)16(22)14-8-5-4-6-9-14/h3-6,8-9,13,15,17H,1,7,10-12H2,2H3,(H2-,20,23,27)/p+1/t13?,15-,17?,21?/m0/s1. The topological polar surface area (TPSA) is 111 Å². The van der Waals surface area contributed by atoms with Gasteiger partial charge in [-0.05, 0) is 6.92 Å². The fourth-order valence-electron chi connectivity index (χ4n) is 3.73. The first-order valence-corrected chi connectivity index (χ1v) is 11.0. The molecule has 152 valence electrons. The average molecular weight is 426 g/mol. The van der Waals surface area contributed by atoms with Gasteiger partial charge in [-0.25, -0.2) is 4.79 Å². The van der Waals surface area contributed by atoms with Crippen LogP contribution < -0.4 is 5.73 Å². The van der Waals surface area contributed by atoms with Crippen molar-refractivity contribution in [3.05, 3.63) is 48.6 Å². The maximum atomic E-state index is 13.4. The number of benzene rings is 1. The van der Waals surface area contributed by atoms with Crippen LogP contribution in [0.5, 0.6) is 0 Å². The minimum Gasteiger partial charge on any atom is -0.364 e. The number of rotatable bonds is 8. The Labute approximate surface area is 170 Å². The van der Waals surface area contributed by atoms with Gasteiger partial charge in [0.25, 0.3) is 5.91 Å². The number of Topliss-reactive ketones (excluding diaryl/α,β-unsaturated/α-hetero) is 1. The Morgan fingerprint density at radius 2 is 1.93 bits per heavy atom. The minimum absolute atomic E-state index is 0.0625. The van der Waals surface area contributed by atoms with Gasteiger partial charge in [-0.1, -0.05) is 36.4 Å². The predicted molar refractivity (Wildman–Crippen MR) is 109 cm³/mol. The van der Waals surface area contributed by atoms with E-state index in [1.807, 2.05) is 0 Å². The van der Waals surface area contributed by atoms with Crippen molar-refractivity contribution in [1.82, 2.24) is 0 Å². The fraction of sp³-hybridized carbons (Fsp3) is 0.421. The number of likely N-dealkylation sites (tertiary alicyclic amines) is 1. The van der Waals surface area contributed by atoms with Gasteiger partial charge < -0.3 is 5.73 Å². The molecule has 0 aromatic heterocycles. The molecule has 2 N–H and O–H groups in total. The van der Waals surface area contributed by atoms with Gasteiger partial charge in [0.1, 0.15) is 12.3 Å². The number of ketones is 1. The second-order valence-electron chi connectivity index (χ2n) is 6.92. The van der Waals surface area contributed by atoms with E-state index in [1.54, 1.807) is 30.3 Å². The van der Waals surface area contributed by atoms with E-state index in [0.717, 1.165) is 0 Å². The van der Waals surface area contributed by atoms with E-state index in [4.69, 9.17) is 5.73 Å². The van der Waals surface area contributed by atoms with E-state index in [0.29, 0.717) is 12.0 Å².